The standard InChI is InChI=1S/C11H15BrClNO/c1-8(15)4-5-14-7-9-6-10(12)2-3-11(9)13/h2-3,6,8,14-15H,4-5,7H2,1H3. The first-order valence-corrected chi connectivity index (χ1v) is 6.09. The Morgan fingerprint density at radius 2 is 2.27 bits per heavy atom. The highest BCUT2D eigenvalue weighted by atomic mass is 79.9. The summed E-state index contributed by atoms with van der Waals surface area (Å²) in [5.41, 5.74) is 1.07. The van der Waals surface area contributed by atoms with Gasteiger partial charge in [0.05, 0.1) is 6.10 Å². The number of hydrogen-bond acceptors (Lipinski definition) is 2. The number of rotatable bonds is 5. The molecule has 0 amide bonds. The summed E-state index contributed by atoms with van der Waals surface area (Å²) in [6.07, 6.45) is 0.501. The first-order chi connectivity index (χ1) is 7.09. The first kappa shape index (κ1) is 13.0. The van der Waals surface area contributed by atoms with Crippen molar-refractivity contribution in [3.8, 4) is 0 Å². The number of aliphatic hydroxyl groups excluding tert-OH is 1. The van der Waals surface area contributed by atoms with E-state index in [0.29, 0.717) is 0 Å². The van der Waals surface area contributed by atoms with Crippen molar-refractivity contribution in [3.05, 3.63) is 33.3 Å². The molecule has 0 aliphatic heterocycles. The number of nitrogens with one attached hydrogen (secondary N) is 1. The Morgan fingerprint density at radius 3 is 2.93 bits per heavy atom. The van der Waals surface area contributed by atoms with Gasteiger partial charge in [0.2, 0.25) is 0 Å². The molecule has 1 atom stereocenters. The fourth-order valence-corrected chi connectivity index (χ4v) is 1.81. The lowest BCUT2D eigenvalue weighted by Gasteiger charge is -2.08. The molecule has 15 heavy (non-hydrogen) atoms. The maximum Gasteiger partial charge on any atom is 0.0524 e. The van der Waals surface area contributed by atoms with Gasteiger partial charge >= 0.3 is 0 Å². The summed E-state index contributed by atoms with van der Waals surface area (Å²) in [6.45, 7) is 3.30. The van der Waals surface area contributed by atoms with Crippen LogP contribution in [0.2, 0.25) is 5.02 Å². The fraction of sp³-hybridized carbons (Fsp3) is 0.455. The molecule has 0 spiro atoms. The van der Waals surface area contributed by atoms with Crippen molar-refractivity contribution >= 4 is 27.5 Å². The van der Waals surface area contributed by atoms with Crippen molar-refractivity contribution in [2.45, 2.75) is 26.0 Å². The zero-order valence-corrected chi connectivity index (χ0v) is 11.0. The van der Waals surface area contributed by atoms with Gasteiger partial charge in [0.1, 0.15) is 0 Å². The normalized spacial score (nSPS) is 12.8. The molecule has 1 aromatic carbocycles. The van der Waals surface area contributed by atoms with E-state index >= 15 is 0 Å². The second-order valence-corrected chi connectivity index (χ2v) is 4.87. The number of aliphatic hydroxyl groups is 1. The number of benzene rings is 1. The van der Waals surface area contributed by atoms with Crippen LogP contribution >= 0.6 is 27.5 Å². The minimum absolute atomic E-state index is 0.254. The van der Waals surface area contributed by atoms with Crippen LogP contribution in [-0.4, -0.2) is 17.8 Å². The van der Waals surface area contributed by atoms with E-state index in [-0.39, 0.29) is 6.10 Å². The molecule has 4 heteroatoms. The molecule has 0 radical (unpaired) electrons. The molecule has 1 aromatic rings. The predicted molar refractivity (Wildman–Crippen MR) is 67.2 cm³/mol. The second-order valence-electron chi connectivity index (χ2n) is 3.55. The van der Waals surface area contributed by atoms with E-state index in [9.17, 15) is 0 Å². The molecular formula is C11H15BrClNO. The third-order valence-corrected chi connectivity index (χ3v) is 2.92. The van der Waals surface area contributed by atoms with Gasteiger partial charge in [0.25, 0.3) is 0 Å². The van der Waals surface area contributed by atoms with Gasteiger partial charge < -0.3 is 10.4 Å². The van der Waals surface area contributed by atoms with Gasteiger partial charge in [-0.3, -0.25) is 0 Å². The zero-order chi connectivity index (χ0) is 11.3. The molecule has 0 aliphatic carbocycles. The number of hydrogen-bond donors (Lipinski definition) is 2. The Hall–Kier alpha value is -0.0900. The molecule has 2 nitrogen and oxygen atoms in total. The lowest BCUT2D eigenvalue weighted by Crippen LogP contribution is -2.18. The third-order valence-electron chi connectivity index (χ3n) is 2.06. The van der Waals surface area contributed by atoms with E-state index in [0.717, 1.165) is 34.6 Å². The van der Waals surface area contributed by atoms with Gasteiger partial charge in [-0.25, -0.2) is 0 Å². The van der Waals surface area contributed by atoms with Crippen LogP contribution in [0.1, 0.15) is 18.9 Å². The van der Waals surface area contributed by atoms with Crippen LogP contribution in [0.15, 0.2) is 22.7 Å². The maximum absolute atomic E-state index is 9.07. The quantitative estimate of drug-likeness (QED) is 0.818. The van der Waals surface area contributed by atoms with E-state index in [1.807, 2.05) is 18.2 Å². The van der Waals surface area contributed by atoms with Crippen LogP contribution in [0.25, 0.3) is 0 Å². The monoisotopic (exact) mass is 291 g/mol. The highest BCUT2D eigenvalue weighted by Gasteiger charge is 2.01. The van der Waals surface area contributed by atoms with Crippen LogP contribution in [0.3, 0.4) is 0 Å². The average molecular weight is 293 g/mol. The first-order valence-electron chi connectivity index (χ1n) is 4.92. The maximum atomic E-state index is 9.07. The minimum atomic E-state index is -0.254. The van der Waals surface area contributed by atoms with Crippen molar-refractivity contribution in [1.29, 1.82) is 0 Å². The zero-order valence-electron chi connectivity index (χ0n) is 8.63. The van der Waals surface area contributed by atoms with Crippen molar-refractivity contribution < 1.29 is 5.11 Å². The summed E-state index contributed by atoms with van der Waals surface area (Å²) >= 11 is 9.43. The molecule has 0 saturated carbocycles. The highest BCUT2D eigenvalue weighted by Crippen LogP contribution is 2.20. The molecule has 0 heterocycles. The van der Waals surface area contributed by atoms with Gasteiger partial charge in [-0.2, -0.15) is 0 Å². The van der Waals surface area contributed by atoms with Crippen molar-refractivity contribution in [2.75, 3.05) is 6.54 Å². The molecule has 0 bridgehead atoms. The summed E-state index contributed by atoms with van der Waals surface area (Å²) in [5.74, 6) is 0. The molecule has 0 aromatic heterocycles. The van der Waals surface area contributed by atoms with Gasteiger partial charge in [-0.1, -0.05) is 27.5 Å². The van der Waals surface area contributed by atoms with E-state index in [1.54, 1.807) is 6.92 Å². The third kappa shape index (κ3) is 4.98. The Kier molecular flexibility index (Phi) is 5.61. The van der Waals surface area contributed by atoms with E-state index in [2.05, 4.69) is 21.2 Å². The Balaban J connectivity index is 2.40. The summed E-state index contributed by atoms with van der Waals surface area (Å²) < 4.78 is 1.03. The minimum Gasteiger partial charge on any atom is -0.393 e. The lowest BCUT2D eigenvalue weighted by molar-refractivity contribution is 0.183. The molecule has 84 valence electrons. The van der Waals surface area contributed by atoms with Gasteiger partial charge in [0, 0.05) is 16.0 Å². The van der Waals surface area contributed by atoms with Crippen molar-refractivity contribution in [3.63, 3.8) is 0 Å². The molecule has 1 unspecified atom stereocenters. The summed E-state index contributed by atoms with van der Waals surface area (Å²) in [7, 11) is 0. The molecule has 0 fully saturated rings. The van der Waals surface area contributed by atoms with Crippen LogP contribution in [0.5, 0.6) is 0 Å². The van der Waals surface area contributed by atoms with Crippen molar-refractivity contribution in [1.82, 2.24) is 5.32 Å². The fourth-order valence-electron chi connectivity index (χ4n) is 1.21. The topological polar surface area (TPSA) is 32.3 Å². The second kappa shape index (κ2) is 6.48. The van der Waals surface area contributed by atoms with Crippen LogP contribution in [0.4, 0.5) is 0 Å². The largest absolute Gasteiger partial charge is 0.393 e. The highest BCUT2D eigenvalue weighted by molar-refractivity contribution is 9.10. The number of halogens is 2. The summed E-state index contributed by atoms with van der Waals surface area (Å²) in [4.78, 5) is 0. The molecule has 0 saturated heterocycles. The van der Waals surface area contributed by atoms with E-state index < -0.39 is 0 Å². The summed E-state index contributed by atoms with van der Waals surface area (Å²) in [5, 5.41) is 13.1. The van der Waals surface area contributed by atoms with Gasteiger partial charge in [0.15, 0.2) is 0 Å². The van der Waals surface area contributed by atoms with Crippen LogP contribution in [-0.2, 0) is 6.54 Å². The molecular weight excluding hydrogens is 277 g/mol. The van der Waals surface area contributed by atoms with Gasteiger partial charge in [-0.05, 0) is 43.7 Å². The van der Waals surface area contributed by atoms with Crippen LogP contribution in [0, 0.1) is 0 Å². The summed E-state index contributed by atoms with van der Waals surface area (Å²) in [6, 6.07) is 5.79. The van der Waals surface area contributed by atoms with E-state index in [4.69, 9.17) is 16.7 Å². The Morgan fingerprint density at radius 1 is 1.53 bits per heavy atom. The molecule has 0 aliphatic rings. The molecule has 2 N–H and O–H groups in total. The van der Waals surface area contributed by atoms with Crippen LogP contribution < -0.4 is 5.32 Å². The lowest BCUT2D eigenvalue weighted by atomic mass is 10.2. The average Bonchev–Trinajstić information content (AvgIpc) is 2.17. The smallest absolute Gasteiger partial charge is 0.0524 e. The van der Waals surface area contributed by atoms with Gasteiger partial charge in [-0.15, -0.1) is 0 Å². The Bertz CT molecular complexity index is 317. The SMILES string of the molecule is CC(O)CCNCc1cc(Br)ccc1Cl. The Labute approximate surface area is 104 Å². The van der Waals surface area contributed by atoms with E-state index in [1.165, 1.54) is 0 Å². The van der Waals surface area contributed by atoms with Crippen molar-refractivity contribution in [2.24, 2.45) is 0 Å². The predicted octanol–water partition coefficient (Wildman–Crippen LogP) is 2.96. The molecule has 1 rings (SSSR count).